The van der Waals surface area contributed by atoms with Crippen LogP contribution in [0.25, 0.3) is 0 Å². The molecular formula is C10H16BNO2. The summed E-state index contributed by atoms with van der Waals surface area (Å²) in [6, 6.07) is 1.63. The summed E-state index contributed by atoms with van der Waals surface area (Å²) in [4.78, 5) is 4.27. The van der Waals surface area contributed by atoms with E-state index in [1.165, 1.54) is 0 Å². The highest BCUT2D eigenvalue weighted by Gasteiger charge is 2.23. The molecule has 0 aromatic carbocycles. The lowest BCUT2D eigenvalue weighted by Gasteiger charge is -2.21. The topological polar surface area (TPSA) is 53.4 Å². The van der Waals surface area contributed by atoms with Gasteiger partial charge in [0, 0.05) is 17.3 Å². The Labute approximate surface area is 85.0 Å². The van der Waals surface area contributed by atoms with Gasteiger partial charge in [0.2, 0.25) is 0 Å². The molecule has 14 heavy (non-hydrogen) atoms. The molecule has 0 amide bonds. The first-order valence-corrected chi connectivity index (χ1v) is 4.66. The third-order valence-electron chi connectivity index (χ3n) is 2.23. The zero-order chi connectivity index (χ0) is 10.9. The molecule has 0 unspecified atom stereocenters. The van der Waals surface area contributed by atoms with Crippen molar-refractivity contribution in [2.75, 3.05) is 0 Å². The molecule has 1 rings (SSSR count). The Kier molecular flexibility index (Phi) is 2.97. The van der Waals surface area contributed by atoms with E-state index in [1.807, 2.05) is 6.92 Å². The maximum atomic E-state index is 9.12. The fourth-order valence-electron chi connectivity index (χ4n) is 1.59. The van der Waals surface area contributed by atoms with E-state index in [4.69, 9.17) is 10.0 Å². The number of hydrogen-bond donors (Lipinski definition) is 2. The Morgan fingerprint density at radius 2 is 1.86 bits per heavy atom. The van der Waals surface area contributed by atoms with Crippen molar-refractivity contribution in [2.45, 2.75) is 33.1 Å². The molecule has 0 fully saturated rings. The van der Waals surface area contributed by atoms with Crippen molar-refractivity contribution < 1.29 is 10.0 Å². The van der Waals surface area contributed by atoms with Gasteiger partial charge in [-0.15, -0.1) is 0 Å². The summed E-state index contributed by atoms with van der Waals surface area (Å²) in [6.45, 7) is 8.02. The SMILES string of the molecule is Cc1c(B(O)O)ccnc1C(C)(C)C. The van der Waals surface area contributed by atoms with Crippen LogP contribution >= 0.6 is 0 Å². The first-order chi connectivity index (χ1) is 6.34. The minimum absolute atomic E-state index is 0.0744. The van der Waals surface area contributed by atoms with Gasteiger partial charge in [0.15, 0.2) is 0 Å². The molecule has 0 atom stereocenters. The van der Waals surface area contributed by atoms with Crippen LogP contribution in [-0.4, -0.2) is 22.2 Å². The molecule has 0 bridgehead atoms. The van der Waals surface area contributed by atoms with E-state index in [-0.39, 0.29) is 5.41 Å². The fraction of sp³-hybridized carbons (Fsp3) is 0.500. The lowest BCUT2D eigenvalue weighted by Crippen LogP contribution is -2.34. The molecule has 0 aliphatic heterocycles. The van der Waals surface area contributed by atoms with Gasteiger partial charge in [0.05, 0.1) is 0 Å². The molecule has 0 radical (unpaired) electrons. The molecule has 0 aliphatic rings. The van der Waals surface area contributed by atoms with Gasteiger partial charge in [-0.1, -0.05) is 20.8 Å². The largest absolute Gasteiger partial charge is 0.488 e. The summed E-state index contributed by atoms with van der Waals surface area (Å²) in [5.41, 5.74) is 2.22. The second-order valence-corrected chi connectivity index (χ2v) is 4.50. The van der Waals surface area contributed by atoms with E-state index >= 15 is 0 Å². The molecule has 4 heteroatoms. The molecular weight excluding hydrogens is 177 g/mol. The second-order valence-electron chi connectivity index (χ2n) is 4.50. The first kappa shape index (κ1) is 11.2. The zero-order valence-corrected chi connectivity index (χ0v) is 9.07. The number of aromatic nitrogens is 1. The van der Waals surface area contributed by atoms with Gasteiger partial charge in [-0.25, -0.2) is 0 Å². The molecule has 0 aliphatic carbocycles. The monoisotopic (exact) mass is 193 g/mol. The zero-order valence-electron chi connectivity index (χ0n) is 9.07. The normalized spacial score (nSPS) is 11.6. The van der Waals surface area contributed by atoms with Crippen molar-refractivity contribution in [1.82, 2.24) is 4.98 Å². The van der Waals surface area contributed by atoms with Crippen molar-refractivity contribution in [1.29, 1.82) is 0 Å². The number of hydrogen-bond acceptors (Lipinski definition) is 3. The van der Waals surface area contributed by atoms with E-state index in [1.54, 1.807) is 12.3 Å². The van der Waals surface area contributed by atoms with Gasteiger partial charge in [-0.3, -0.25) is 4.98 Å². The number of pyridine rings is 1. The molecule has 0 saturated heterocycles. The van der Waals surface area contributed by atoms with Gasteiger partial charge in [0.25, 0.3) is 0 Å². The average Bonchev–Trinajstić information content (AvgIpc) is 2.01. The van der Waals surface area contributed by atoms with Gasteiger partial charge in [0.1, 0.15) is 0 Å². The number of rotatable bonds is 1. The quantitative estimate of drug-likeness (QED) is 0.633. The van der Waals surface area contributed by atoms with Crippen LogP contribution in [0.4, 0.5) is 0 Å². The Morgan fingerprint density at radius 1 is 1.29 bits per heavy atom. The Balaban J connectivity index is 3.28. The summed E-state index contributed by atoms with van der Waals surface area (Å²) < 4.78 is 0. The first-order valence-electron chi connectivity index (χ1n) is 4.66. The summed E-state index contributed by atoms with van der Waals surface area (Å²) >= 11 is 0. The minimum atomic E-state index is -1.42. The van der Waals surface area contributed by atoms with Crippen molar-refractivity contribution >= 4 is 12.6 Å². The van der Waals surface area contributed by atoms with E-state index in [0.717, 1.165) is 11.3 Å². The van der Waals surface area contributed by atoms with Crippen LogP contribution in [0.3, 0.4) is 0 Å². The molecule has 2 N–H and O–H groups in total. The molecule has 0 spiro atoms. The van der Waals surface area contributed by atoms with Crippen LogP contribution < -0.4 is 5.46 Å². The third-order valence-corrected chi connectivity index (χ3v) is 2.23. The molecule has 1 aromatic heterocycles. The van der Waals surface area contributed by atoms with Gasteiger partial charge in [-0.05, 0) is 24.0 Å². The second kappa shape index (κ2) is 3.71. The van der Waals surface area contributed by atoms with Crippen LogP contribution in [0.2, 0.25) is 0 Å². The van der Waals surface area contributed by atoms with Crippen LogP contribution in [0.15, 0.2) is 12.3 Å². The Bertz CT molecular complexity index is 331. The maximum absolute atomic E-state index is 9.12. The molecule has 1 aromatic rings. The molecule has 0 saturated carbocycles. The third kappa shape index (κ3) is 2.14. The predicted octanol–water partition coefficient (Wildman–Crippen LogP) is 0.367. The molecule has 76 valence electrons. The minimum Gasteiger partial charge on any atom is -0.423 e. The highest BCUT2D eigenvalue weighted by molar-refractivity contribution is 6.59. The Hall–Kier alpha value is -0.865. The Morgan fingerprint density at radius 3 is 2.29 bits per heavy atom. The van der Waals surface area contributed by atoms with Crippen molar-refractivity contribution in [3.8, 4) is 0 Å². The van der Waals surface area contributed by atoms with Crippen LogP contribution in [-0.2, 0) is 5.41 Å². The van der Waals surface area contributed by atoms with Crippen LogP contribution in [0, 0.1) is 6.92 Å². The van der Waals surface area contributed by atoms with Gasteiger partial charge in [-0.2, -0.15) is 0 Å². The van der Waals surface area contributed by atoms with Gasteiger partial charge < -0.3 is 10.0 Å². The van der Waals surface area contributed by atoms with Gasteiger partial charge >= 0.3 is 7.12 Å². The standard InChI is InChI=1S/C10H16BNO2/c1-7-8(11(13)14)5-6-12-9(7)10(2,3)4/h5-6,13-14H,1-4H3. The van der Waals surface area contributed by atoms with Crippen LogP contribution in [0.1, 0.15) is 32.0 Å². The average molecular weight is 193 g/mol. The van der Waals surface area contributed by atoms with E-state index in [9.17, 15) is 0 Å². The maximum Gasteiger partial charge on any atom is 0.488 e. The fourth-order valence-corrected chi connectivity index (χ4v) is 1.59. The summed E-state index contributed by atoms with van der Waals surface area (Å²) in [7, 11) is -1.42. The number of nitrogens with zero attached hydrogens (tertiary/aromatic N) is 1. The summed E-state index contributed by atoms with van der Waals surface area (Å²) in [5.74, 6) is 0. The smallest absolute Gasteiger partial charge is 0.423 e. The van der Waals surface area contributed by atoms with E-state index in [2.05, 4.69) is 25.8 Å². The lowest BCUT2D eigenvalue weighted by atomic mass is 9.74. The van der Waals surface area contributed by atoms with E-state index in [0.29, 0.717) is 5.46 Å². The van der Waals surface area contributed by atoms with E-state index < -0.39 is 7.12 Å². The highest BCUT2D eigenvalue weighted by Crippen LogP contribution is 2.21. The predicted molar refractivity (Wildman–Crippen MR) is 57.5 cm³/mol. The highest BCUT2D eigenvalue weighted by atomic mass is 16.4. The van der Waals surface area contributed by atoms with Crippen molar-refractivity contribution in [3.63, 3.8) is 0 Å². The summed E-state index contributed by atoms with van der Waals surface area (Å²) in [6.07, 6.45) is 1.61. The van der Waals surface area contributed by atoms with Crippen molar-refractivity contribution in [2.24, 2.45) is 0 Å². The van der Waals surface area contributed by atoms with Crippen molar-refractivity contribution in [3.05, 3.63) is 23.5 Å². The molecule has 1 heterocycles. The molecule has 3 nitrogen and oxygen atoms in total. The lowest BCUT2D eigenvalue weighted by molar-refractivity contribution is 0.425. The summed E-state index contributed by atoms with van der Waals surface area (Å²) in [5, 5.41) is 18.2. The van der Waals surface area contributed by atoms with Crippen LogP contribution in [0.5, 0.6) is 0 Å².